The van der Waals surface area contributed by atoms with Crippen molar-refractivity contribution in [2.45, 2.75) is 27.7 Å². The van der Waals surface area contributed by atoms with E-state index in [0.29, 0.717) is 5.89 Å². The Labute approximate surface area is 86.4 Å². The molecule has 0 saturated carbocycles. The van der Waals surface area contributed by atoms with Crippen molar-refractivity contribution < 1.29 is 5.84 Å². The third-order valence-corrected chi connectivity index (χ3v) is 1.93. The minimum atomic E-state index is 0. The Kier molecular flexibility index (Phi) is 3.28. The highest BCUT2D eigenvalue weighted by Gasteiger charge is 2.06. The normalized spacial score (nSPS) is 9.79. The Morgan fingerprint density at radius 2 is 1.93 bits per heavy atom. The second-order valence-corrected chi connectivity index (χ2v) is 2.95. The summed E-state index contributed by atoms with van der Waals surface area (Å²) < 4.78 is 5.43. The van der Waals surface area contributed by atoms with E-state index < -0.39 is 0 Å². The van der Waals surface area contributed by atoms with Gasteiger partial charge in [0, 0.05) is 8.35 Å². The maximum absolute atomic E-state index is 5.43. The SMILES string of the molecule is CC.[CH2]c1ccc(C)c2oc(C)nc12.[HH]. The van der Waals surface area contributed by atoms with Gasteiger partial charge in [0.25, 0.3) is 0 Å². The van der Waals surface area contributed by atoms with Crippen LogP contribution in [0, 0.1) is 20.8 Å². The van der Waals surface area contributed by atoms with Crippen molar-refractivity contribution in [2.75, 3.05) is 0 Å². The summed E-state index contributed by atoms with van der Waals surface area (Å²) in [4.78, 5) is 4.24. The molecule has 14 heavy (non-hydrogen) atoms. The molecule has 0 saturated heterocycles. The third-order valence-electron chi connectivity index (χ3n) is 1.93. The van der Waals surface area contributed by atoms with Crippen molar-refractivity contribution in [2.24, 2.45) is 0 Å². The minimum absolute atomic E-state index is 0. The molecule has 0 spiro atoms. The number of benzene rings is 1. The lowest BCUT2D eigenvalue weighted by Gasteiger charge is -1.94. The molecule has 0 fully saturated rings. The van der Waals surface area contributed by atoms with Crippen molar-refractivity contribution >= 4 is 11.1 Å². The van der Waals surface area contributed by atoms with Gasteiger partial charge >= 0.3 is 0 Å². The molecule has 1 heterocycles. The van der Waals surface area contributed by atoms with E-state index in [1.165, 1.54) is 0 Å². The average Bonchev–Trinajstić information content (AvgIpc) is 2.58. The van der Waals surface area contributed by atoms with E-state index in [4.69, 9.17) is 4.42 Å². The number of hydrogen-bond donors (Lipinski definition) is 0. The van der Waals surface area contributed by atoms with Gasteiger partial charge in [0.1, 0.15) is 5.52 Å². The van der Waals surface area contributed by atoms with E-state index >= 15 is 0 Å². The lowest BCUT2D eigenvalue weighted by atomic mass is 10.1. The Hall–Kier alpha value is -1.31. The number of aromatic nitrogens is 1. The molecule has 1 aromatic carbocycles. The second kappa shape index (κ2) is 4.27. The van der Waals surface area contributed by atoms with Crippen LogP contribution in [0.3, 0.4) is 0 Å². The molecule has 2 aromatic rings. The zero-order valence-corrected chi connectivity index (χ0v) is 9.22. The summed E-state index contributed by atoms with van der Waals surface area (Å²) in [6.07, 6.45) is 0. The van der Waals surface area contributed by atoms with E-state index in [-0.39, 0.29) is 1.43 Å². The van der Waals surface area contributed by atoms with Gasteiger partial charge < -0.3 is 4.42 Å². The van der Waals surface area contributed by atoms with Gasteiger partial charge in [0.15, 0.2) is 11.5 Å². The van der Waals surface area contributed by atoms with E-state index in [1.54, 1.807) is 0 Å². The molecule has 0 N–H and O–H groups in total. The van der Waals surface area contributed by atoms with Gasteiger partial charge in [-0.15, -0.1) is 0 Å². The summed E-state index contributed by atoms with van der Waals surface area (Å²) in [6.45, 7) is 11.7. The Morgan fingerprint density at radius 1 is 1.29 bits per heavy atom. The molecule has 0 atom stereocenters. The zero-order valence-electron chi connectivity index (χ0n) is 9.22. The molecule has 0 bridgehead atoms. The lowest BCUT2D eigenvalue weighted by molar-refractivity contribution is 0.559. The minimum Gasteiger partial charge on any atom is -0.441 e. The van der Waals surface area contributed by atoms with Crippen molar-refractivity contribution in [1.82, 2.24) is 4.98 Å². The van der Waals surface area contributed by atoms with Crippen molar-refractivity contribution in [1.29, 1.82) is 0 Å². The Morgan fingerprint density at radius 3 is 2.50 bits per heavy atom. The maximum Gasteiger partial charge on any atom is 0.192 e. The largest absolute Gasteiger partial charge is 0.441 e. The van der Waals surface area contributed by atoms with Gasteiger partial charge in [-0.2, -0.15) is 0 Å². The van der Waals surface area contributed by atoms with Crippen molar-refractivity contribution in [3.05, 3.63) is 36.1 Å². The maximum atomic E-state index is 5.43. The second-order valence-electron chi connectivity index (χ2n) is 2.95. The summed E-state index contributed by atoms with van der Waals surface area (Å²) in [5, 5.41) is 0. The van der Waals surface area contributed by atoms with Gasteiger partial charge in [-0.05, 0) is 25.0 Å². The summed E-state index contributed by atoms with van der Waals surface area (Å²) in [7, 11) is 0. The summed E-state index contributed by atoms with van der Waals surface area (Å²) in [5.74, 6) is 0.698. The molecule has 0 aliphatic heterocycles. The first-order valence-corrected chi connectivity index (χ1v) is 4.87. The topological polar surface area (TPSA) is 26.0 Å². The molecule has 0 amide bonds. The molecule has 2 heteroatoms. The molecule has 0 unspecified atom stereocenters. The smallest absolute Gasteiger partial charge is 0.192 e. The van der Waals surface area contributed by atoms with Gasteiger partial charge in [-0.25, -0.2) is 4.98 Å². The molecule has 2 nitrogen and oxygen atoms in total. The van der Waals surface area contributed by atoms with Gasteiger partial charge in [-0.3, -0.25) is 0 Å². The van der Waals surface area contributed by atoms with E-state index in [0.717, 1.165) is 22.2 Å². The Balaban J connectivity index is 0.000000617. The third kappa shape index (κ3) is 1.79. The standard InChI is InChI=1S/C10H10NO.C2H6.H2/c1-6-4-5-7(2)10-9(6)11-8(3)12-10;1-2;/h4-5H,1H2,2-3H3;1-2H3;1H. The summed E-state index contributed by atoms with van der Waals surface area (Å²) >= 11 is 0. The van der Waals surface area contributed by atoms with Crippen LogP contribution in [0.4, 0.5) is 0 Å². The number of rotatable bonds is 0. The summed E-state index contributed by atoms with van der Waals surface area (Å²) in [5.41, 5.74) is 3.78. The van der Waals surface area contributed by atoms with Crippen LogP contribution in [0.15, 0.2) is 16.5 Å². The highest BCUT2D eigenvalue weighted by molar-refractivity contribution is 5.80. The monoisotopic (exact) mass is 192 g/mol. The fourth-order valence-electron chi connectivity index (χ4n) is 1.29. The first-order valence-electron chi connectivity index (χ1n) is 4.87. The van der Waals surface area contributed by atoms with Crippen molar-refractivity contribution in [3.8, 4) is 0 Å². The fourth-order valence-corrected chi connectivity index (χ4v) is 1.29. The highest BCUT2D eigenvalue weighted by Crippen LogP contribution is 2.21. The number of fused-ring (bicyclic) bond motifs is 1. The quantitative estimate of drug-likeness (QED) is 0.632. The molecule has 1 aromatic heterocycles. The number of nitrogens with zero attached hydrogens (tertiary/aromatic N) is 1. The molecule has 0 aliphatic carbocycles. The van der Waals surface area contributed by atoms with Crippen LogP contribution in [0.25, 0.3) is 11.1 Å². The Bertz CT molecular complexity index is 395. The van der Waals surface area contributed by atoms with Crippen LogP contribution in [0.1, 0.15) is 32.3 Å². The van der Waals surface area contributed by atoms with Crippen molar-refractivity contribution in [3.63, 3.8) is 0 Å². The van der Waals surface area contributed by atoms with Gasteiger partial charge in [-0.1, -0.05) is 26.0 Å². The molecule has 1 radical (unpaired) electrons. The first-order chi connectivity index (χ1) is 6.68. The lowest BCUT2D eigenvalue weighted by Crippen LogP contribution is -1.78. The summed E-state index contributed by atoms with van der Waals surface area (Å²) in [6, 6.07) is 3.95. The fraction of sp³-hybridized carbons (Fsp3) is 0.333. The molecular formula is C12H18NO. The van der Waals surface area contributed by atoms with Crippen LogP contribution in [0.2, 0.25) is 0 Å². The predicted octanol–water partition coefficient (Wildman–Crippen LogP) is 3.90. The van der Waals surface area contributed by atoms with Crippen LogP contribution in [0.5, 0.6) is 0 Å². The number of aryl methyl sites for hydroxylation is 2. The highest BCUT2D eigenvalue weighted by atomic mass is 16.3. The van der Waals surface area contributed by atoms with Crippen LogP contribution >= 0.6 is 0 Å². The van der Waals surface area contributed by atoms with E-state index in [1.807, 2.05) is 39.8 Å². The molecule has 77 valence electrons. The number of oxazole rings is 1. The van der Waals surface area contributed by atoms with Gasteiger partial charge in [0.2, 0.25) is 0 Å². The van der Waals surface area contributed by atoms with Crippen LogP contribution in [-0.2, 0) is 0 Å². The van der Waals surface area contributed by atoms with Crippen LogP contribution < -0.4 is 0 Å². The molecule has 2 rings (SSSR count). The molecular weight excluding hydrogens is 174 g/mol. The van der Waals surface area contributed by atoms with Crippen LogP contribution in [-0.4, -0.2) is 4.98 Å². The average molecular weight is 192 g/mol. The molecule has 0 aliphatic rings. The number of hydrogen-bond acceptors (Lipinski definition) is 2. The zero-order chi connectivity index (χ0) is 10.7. The van der Waals surface area contributed by atoms with Gasteiger partial charge in [0.05, 0.1) is 0 Å². The predicted molar refractivity (Wildman–Crippen MR) is 61.4 cm³/mol. The van der Waals surface area contributed by atoms with E-state index in [9.17, 15) is 0 Å². The first kappa shape index (κ1) is 10.8. The van der Waals surface area contributed by atoms with E-state index in [2.05, 4.69) is 11.9 Å².